The SMILES string of the molecule is CCn1c(SCC(=O)Nc2c(C)n(C)n(-c3ccccc3)c2=O)nnc1-c1ccco1. The smallest absolute Gasteiger partial charge is 0.295 e. The molecule has 4 aromatic rings. The van der Waals surface area contributed by atoms with Gasteiger partial charge in [-0.3, -0.25) is 18.8 Å². The van der Waals surface area contributed by atoms with E-state index in [1.165, 1.54) is 16.4 Å². The summed E-state index contributed by atoms with van der Waals surface area (Å²) in [6, 6.07) is 12.9. The van der Waals surface area contributed by atoms with Crippen molar-refractivity contribution >= 4 is 23.4 Å². The summed E-state index contributed by atoms with van der Waals surface area (Å²) in [4.78, 5) is 25.6. The zero-order chi connectivity index (χ0) is 22.0. The highest BCUT2D eigenvalue weighted by Crippen LogP contribution is 2.24. The van der Waals surface area contributed by atoms with Crippen molar-refractivity contribution in [3.8, 4) is 17.3 Å². The van der Waals surface area contributed by atoms with Crippen LogP contribution < -0.4 is 10.9 Å². The van der Waals surface area contributed by atoms with E-state index >= 15 is 0 Å². The fourth-order valence-corrected chi connectivity index (χ4v) is 4.09. The molecule has 0 spiro atoms. The van der Waals surface area contributed by atoms with Crippen LogP contribution in [0.5, 0.6) is 0 Å². The van der Waals surface area contributed by atoms with E-state index in [9.17, 15) is 9.59 Å². The van der Waals surface area contributed by atoms with Crippen molar-refractivity contribution in [2.75, 3.05) is 11.1 Å². The standard InChI is InChI=1S/C21H22N6O3S/c1-4-26-19(16-11-8-12-30-16)23-24-21(26)31-13-17(28)22-18-14(2)25(3)27(20(18)29)15-9-6-5-7-10-15/h5-12H,4,13H2,1-3H3,(H,22,28). The third-order valence-corrected chi connectivity index (χ3v) is 5.89. The predicted molar refractivity (Wildman–Crippen MR) is 118 cm³/mol. The summed E-state index contributed by atoms with van der Waals surface area (Å²) in [5.41, 5.74) is 1.39. The minimum absolute atomic E-state index is 0.0927. The van der Waals surface area contributed by atoms with Crippen LogP contribution in [0.25, 0.3) is 17.3 Å². The number of furan rings is 1. The first-order valence-corrected chi connectivity index (χ1v) is 10.7. The number of aromatic nitrogens is 5. The minimum atomic E-state index is -0.291. The molecule has 1 N–H and O–H groups in total. The van der Waals surface area contributed by atoms with Crippen molar-refractivity contribution in [2.24, 2.45) is 7.05 Å². The van der Waals surface area contributed by atoms with E-state index in [0.717, 1.165) is 5.69 Å². The van der Waals surface area contributed by atoms with Crippen LogP contribution in [0.1, 0.15) is 12.6 Å². The number of rotatable bonds is 7. The Morgan fingerprint density at radius 1 is 1.16 bits per heavy atom. The normalized spacial score (nSPS) is 11.1. The molecule has 3 heterocycles. The lowest BCUT2D eigenvalue weighted by atomic mass is 10.3. The summed E-state index contributed by atoms with van der Waals surface area (Å²) in [6.07, 6.45) is 1.58. The van der Waals surface area contributed by atoms with Gasteiger partial charge in [0.15, 0.2) is 16.7 Å². The van der Waals surface area contributed by atoms with Gasteiger partial charge in [-0.2, -0.15) is 0 Å². The lowest BCUT2D eigenvalue weighted by molar-refractivity contribution is -0.113. The molecular formula is C21H22N6O3S. The molecule has 0 aliphatic carbocycles. The molecule has 0 fully saturated rings. The van der Waals surface area contributed by atoms with Crippen molar-refractivity contribution in [3.05, 3.63) is 64.8 Å². The fourth-order valence-electron chi connectivity index (χ4n) is 3.29. The highest BCUT2D eigenvalue weighted by Gasteiger charge is 2.20. The lowest BCUT2D eigenvalue weighted by Crippen LogP contribution is -2.23. The topological polar surface area (TPSA) is 99.9 Å². The summed E-state index contributed by atoms with van der Waals surface area (Å²) >= 11 is 1.26. The van der Waals surface area contributed by atoms with E-state index in [4.69, 9.17) is 4.42 Å². The van der Waals surface area contributed by atoms with Gasteiger partial charge in [0.05, 0.1) is 23.4 Å². The number of hydrogen-bond donors (Lipinski definition) is 1. The molecule has 31 heavy (non-hydrogen) atoms. The average Bonchev–Trinajstić information content (AvgIpc) is 3.49. The van der Waals surface area contributed by atoms with Gasteiger partial charge in [0.2, 0.25) is 5.91 Å². The molecule has 0 radical (unpaired) electrons. The lowest BCUT2D eigenvalue weighted by Gasteiger charge is -2.07. The van der Waals surface area contributed by atoms with Gasteiger partial charge >= 0.3 is 0 Å². The Labute approximate surface area is 182 Å². The van der Waals surface area contributed by atoms with Gasteiger partial charge in [-0.05, 0) is 38.1 Å². The molecule has 1 amide bonds. The molecule has 0 aliphatic heterocycles. The number of para-hydroxylation sites is 1. The van der Waals surface area contributed by atoms with Crippen LogP contribution in [0.15, 0.2) is 63.1 Å². The first kappa shape index (κ1) is 20.7. The molecule has 0 unspecified atom stereocenters. The highest BCUT2D eigenvalue weighted by atomic mass is 32.2. The Bertz CT molecular complexity index is 1250. The van der Waals surface area contributed by atoms with E-state index in [2.05, 4.69) is 15.5 Å². The molecule has 0 bridgehead atoms. The maximum Gasteiger partial charge on any atom is 0.295 e. The predicted octanol–water partition coefficient (Wildman–Crippen LogP) is 3.09. The Kier molecular flexibility index (Phi) is 5.81. The molecule has 10 heteroatoms. The Hall–Kier alpha value is -3.53. The summed E-state index contributed by atoms with van der Waals surface area (Å²) < 4.78 is 10.5. The van der Waals surface area contributed by atoms with Gasteiger partial charge < -0.3 is 9.73 Å². The second-order valence-corrected chi connectivity index (χ2v) is 7.74. The summed E-state index contributed by atoms with van der Waals surface area (Å²) in [5, 5.41) is 11.7. The van der Waals surface area contributed by atoms with Crippen LogP contribution in [0.4, 0.5) is 5.69 Å². The van der Waals surface area contributed by atoms with Gasteiger partial charge in [-0.1, -0.05) is 30.0 Å². The van der Waals surface area contributed by atoms with E-state index in [0.29, 0.717) is 29.0 Å². The van der Waals surface area contributed by atoms with Crippen molar-refractivity contribution in [1.29, 1.82) is 0 Å². The molecule has 1 aromatic carbocycles. The number of carbonyl (C=O) groups excluding carboxylic acids is 1. The summed E-state index contributed by atoms with van der Waals surface area (Å²) in [6.45, 7) is 4.40. The Morgan fingerprint density at radius 2 is 1.94 bits per heavy atom. The van der Waals surface area contributed by atoms with Gasteiger partial charge in [0.1, 0.15) is 5.69 Å². The molecule has 4 rings (SSSR count). The second-order valence-electron chi connectivity index (χ2n) is 6.80. The van der Waals surface area contributed by atoms with E-state index in [-0.39, 0.29) is 22.9 Å². The van der Waals surface area contributed by atoms with Crippen molar-refractivity contribution in [2.45, 2.75) is 25.5 Å². The van der Waals surface area contributed by atoms with Gasteiger partial charge in [-0.15, -0.1) is 10.2 Å². The number of nitrogens with zero attached hydrogens (tertiary/aromatic N) is 5. The quantitative estimate of drug-likeness (QED) is 0.445. The van der Waals surface area contributed by atoms with Crippen LogP contribution in [-0.4, -0.2) is 35.8 Å². The third kappa shape index (κ3) is 3.93. The van der Waals surface area contributed by atoms with Crippen LogP contribution in [0.3, 0.4) is 0 Å². The number of carbonyl (C=O) groups is 1. The second kappa shape index (κ2) is 8.68. The number of anilines is 1. The first-order valence-electron chi connectivity index (χ1n) is 9.75. The highest BCUT2D eigenvalue weighted by molar-refractivity contribution is 7.99. The van der Waals surface area contributed by atoms with E-state index in [1.807, 2.05) is 47.9 Å². The van der Waals surface area contributed by atoms with Crippen LogP contribution in [-0.2, 0) is 18.4 Å². The number of thioether (sulfide) groups is 1. The first-order chi connectivity index (χ1) is 15.0. The third-order valence-electron chi connectivity index (χ3n) is 4.93. The Balaban J connectivity index is 1.50. The Morgan fingerprint density at radius 3 is 2.61 bits per heavy atom. The largest absolute Gasteiger partial charge is 0.461 e. The van der Waals surface area contributed by atoms with Gasteiger partial charge in [-0.25, -0.2) is 4.68 Å². The molecule has 0 aliphatic rings. The zero-order valence-corrected chi connectivity index (χ0v) is 18.2. The number of benzene rings is 1. The minimum Gasteiger partial charge on any atom is -0.461 e. The van der Waals surface area contributed by atoms with Crippen LogP contribution in [0.2, 0.25) is 0 Å². The number of nitrogens with one attached hydrogen (secondary N) is 1. The zero-order valence-electron chi connectivity index (χ0n) is 17.4. The fraction of sp³-hybridized carbons (Fsp3) is 0.238. The van der Waals surface area contributed by atoms with Gasteiger partial charge in [0.25, 0.3) is 5.56 Å². The average molecular weight is 439 g/mol. The monoisotopic (exact) mass is 438 g/mol. The maximum atomic E-state index is 12.9. The molecular weight excluding hydrogens is 416 g/mol. The molecule has 0 saturated heterocycles. The van der Waals surface area contributed by atoms with Crippen LogP contribution in [0, 0.1) is 6.92 Å². The molecule has 3 aromatic heterocycles. The molecule has 160 valence electrons. The summed E-state index contributed by atoms with van der Waals surface area (Å²) in [7, 11) is 1.79. The summed E-state index contributed by atoms with van der Waals surface area (Å²) in [5.74, 6) is 1.03. The maximum absolute atomic E-state index is 12.9. The number of hydrogen-bond acceptors (Lipinski definition) is 6. The van der Waals surface area contributed by atoms with Crippen LogP contribution >= 0.6 is 11.8 Å². The van der Waals surface area contributed by atoms with E-state index < -0.39 is 0 Å². The molecule has 9 nitrogen and oxygen atoms in total. The van der Waals surface area contributed by atoms with Crippen molar-refractivity contribution in [1.82, 2.24) is 24.1 Å². The van der Waals surface area contributed by atoms with Gasteiger partial charge in [0, 0.05) is 13.6 Å². The number of amides is 1. The molecule has 0 saturated carbocycles. The van der Waals surface area contributed by atoms with Crippen molar-refractivity contribution < 1.29 is 9.21 Å². The van der Waals surface area contributed by atoms with Crippen molar-refractivity contribution in [3.63, 3.8) is 0 Å². The molecule has 0 atom stereocenters. The van der Waals surface area contributed by atoms with E-state index in [1.54, 1.807) is 31.0 Å².